The van der Waals surface area contributed by atoms with Crippen LogP contribution >= 0.6 is 0 Å². The molecule has 0 radical (unpaired) electrons. The highest BCUT2D eigenvalue weighted by atomic mass is 19.4. The molecule has 0 aromatic rings. The number of hydrogen-bond acceptors (Lipinski definition) is 2. The van der Waals surface area contributed by atoms with Gasteiger partial charge in [-0.3, -0.25) is 0 Å². The van der Waals surface area contributed by atoms with Gasteiger partial charge in [0.15, 0.2) is 0 Å². The number of nitrogens with two attached hydrogens (primary N) is 1. The second-order valence-electron chi connectivity index (χ2n) is 4.95. The summed E-state index contributed by atoms with van der Waals surface area (Å²) in [5, 5.41) is 2.97. The van der Waals surface area contributed by atoms with Gasteiger partial charge >= 0.3 is 6.18 Å². The summed E-state index contributed by atoms with van der Waals surface area (Å²) in [5.41, 5.74) is 5.54. The van der Waals surface area contributed by atoms with Crippen LogP contribution in [0.4, 0.5) is 22.0 Å². The zero-order valence-electron chi connectivity index (χ0n) is 10.1. The van der Waals surface area contributed by atoms with Gasteiger partial charge in [-0.25, -0.2) is 8.78 Å². The van der Waals surface area contributed by atoms with Gasteiger partial charge < -0.3 is 11.1 Å². The second kappa shape index (κ2) is 6.14. The van der Waals surface area contributed by atoms with Crippen LogP contribution in [-0.4, -0.2) is 30.7 Å². The van der Waals surface area contributed by atoms with E-state index in [9.17, 15) is 22.0 Å². The summed E-state index contributed by atoms with van der Waals surface area (Å²) in [7, 11) is 0. The van der Waals surface area contributed by atoms with Crippen LogP contribution in [0.3, 0.4) is 0 Å². The summed E-state index contributed by atoms with van der Waals surface area (Å²) in [4.78, 5) is 0. The quantitative estimate of drug-likeness (QED) is 0.757. The number of alkyl halides is 5. The maximum Gasteiger partial charge on any atom is 0.389 e. The van der Waals surface area contributed by atoms with Gasteiger partial charge in [-0.15, -0.1) is 0 Å². The highest BCUT2D eigenvalue weighted by molar-refractivity contribution is 4.82. The van der Waals surface area contributed by atoms with Crippen LogP contribution in [0.25, 0.3) is 0 Å². The molecule has 1 aliphatic carbocycles. The van der Waals surface area contributed by atoms with E-state index in [0.29, 0.717) is 12.8 Å². The van der Waals surface area contributed by atoms with Gasteiger partial charge in [0.1, 0.15) is 0 Å². The van der Waals surface area contributed by atoms with E-state index < -0.39 is 24.6 Å². The molecule has 18 heavy (non-hydrogen) atoms. The lowest BCUT2D eigenvalue weighted by Crippen LogP contribution is -2.43. The summed E-state index contributed by atoms with van der Waals surface area (Å²) >= 11 is 0. The third kappa shape index (κ3) is 6.49. The van der Waals surface area contributed by atoms with Crippen molar-refractivity contribution in [2.75, 3.05) is 6.54 Å². The number of halogens is 5. The molecule has 0 aromatic carbocycles. The van der Waals surface area contributed by atoms with Crippen LogP contribution in [-0.2, 0) is 0 Å². The largest absolute Gasteiger partial charge is 0.389 e. The molecule has 0 aliphatic heterocycles. The molecule has 0 heterocycles. The second-order valence-corrected chi connectivity index (χ2v) is 4.95. The number of rotatable bonds is 5. The predicted molar refractivity (Wildman–Crippen MR) is 58.5 cm³/mol. The van der Waals surface area contributed by atoms with Crippen LogP contribution in [0.5, 0.6) is 0 Å². The van der Waals surface area contributed by atoms with Gasteiger partial charge in [-0.2, -0.15) is 13.2 Å². The molecule has 3 N–H and O–H groups in total. The van der Waals surface area contributed by atoms with E-state index in [2.05, 4.69) is 5.32 Å². The summed E-state index contributed by atoms with van der Waals surface area (Å²) < 4.78 is 61.5. The maximum atomic E-state index is 12.9. The van der Waals surface area contributed by atoms with Crippen molar-refractivity contribution in [3.63, 3.8) is 0 Å². The van der Waals surface area contributed by atoms with E-state index in [1.54, 1.807) is 0 Å². The average molecular weight is 274 g/mol. The molecular weight excluding hydrogens is 255 g/mol. The van der Waals surface area contributed by atoms with Crippen LogP contribution in [0.1, 0.15) is 38.5 Å². The van der Waals surface area contributed by atoms with Gasteiger partial charge in [-0.05, 0) is 19.3 Å². The van der Waals surface area contributed by atoms with Crippen molar-refractivity contribution in [1.29, 1.82) is 0 Å². The molecule has 1 atom stereocenters. The zero-order chi connectivity index (χ0) is 13.8. The Morgan fingerprint density at radius 3 is 2.28 bits per heavy atom. The van der Waals surface area contributed by atoms with Crippen molar-refractivity contribution >= 4 is 0 Å². The van der Waals surface area contributed by atoms with E-state index in [-0.39, 0.29) is 31.8 Å². The van der Waals surface area contributed by atoms with E-state index in [1.807, 2.05) is 0 Å². The molecule has 1 rings (SSSR count). The van der Waals surface area contributed by atoms with Gasteiger partial charge in [0.2, 0.25) is 5.92 Å². The molecule has 0 amide bonds. The fourth-order valence-corrected chi connectivity index (χ4v) is 2.01. The highest BCUT2D eigenvalue weighted by Gasteiger charge is 2.34. The van der Waals surface area contributed by atoms with Gasteiger partial charge in [0.25, 0.3) is 0 Å². The SMILES string of the molecule is NC(CCC(F)(F)F)CNC1CCC(F)(F)CC1. The molecule has 0 aromatic heterocycles. The fourth-order valence-electron chi connectivity index (χ4n) is 2.01. The first-order valence-corrected chi connectivity index (χ1v) is 6.11. The fraction of sp³-hybridized carbons (Fsp3) is 1.00. The molecule has 0 bridgehead atoms. The van der Waals surface area contributed by atoms with E-state index >= 15 is 0 Å². The normalized spacial score (nSPS) is 23.0. The van der Waals surface area contributed by atoms with Crippen LogP contribution in [0.15, 0.2) is 0 Å². The predicted octanol–water partition coefficient (Wildman–Crippen LogP) is 2.82. The Balaban J connectivity index is 2.14. The summed E-state index contributed by atoms with van der Waals surface area (Å²) in [6.45, 7) is 0.242. The van der Waals surface area contributed by atoms with Gasteiger partial charge in [0.05, 0.1) is 0 Å². The Labute approximate surface area is 103 Å². The van der Waals surface area contributed by atoms with Crippen molar-refractivity contribution in [3.05, 3.63) is 0 Å². The molecular formula is C11H19F5N2. The summed E-state index contributed by atoms with van der Waals surface area (Å²) in [6.07, 6.45) is -4.87. The standard InChI is InChI=1S/C11H19F5N2/c12-10(13)4-2-9(3-5-10)18-7-8(17)1-6-11(14,15)16/h8-9,18H,1-7,17H2. The minimum absolute atomic E-state index is 0.0541. The first kappa shape index (κ1) is 15.6. The van der Waals surface area contributed by atoms with Crippen molar-refractivity contribution in [2.45, 2.75) is 62.7 Å². The average Bonchev–Trinajstić information content (AvgIpc) is 2.24. The minimum atomic E-state index is -4.19. The van der Waals surface area contributed by atoms with Crippen molar-refractivity contribution < 1.29 is 22.0 Å². The number of hydrogen-bond donors (Lipinski definition) is 2. The third-order valence-corrected chi connectivity index (χ3v) is 3.18. The topological polar surface area (TPSA) is 38.0 Å². The molecule has 0 saturated heterocycles. The van der Waals surface area contributed by atoms with E-state index in [1.165, 1.54) is 0 Å². The van der Waals surface area contributed by atoms with Gasteiger partial charge in [-0.1, -0.05) is 0 Å². The van der Waals surface area contributed by atoms with Crippen molar-refractivity contribution in [3.8, 4) is 0 Å². The molecule has 7 heteroatoms. The molecule has 1 aliphatic rings. The Kier molecular flexibility index (Phi) is 5.33. The Hall–Kier alpha value is -0.430. The van der Waals surface area contributed by atoms with Gasteiger partial charge in [0, 0.05) is 37.9 Å². The molecule has 1 unspecified atom stereocenters. The Bertz CT molecular complexity index is 244. The van der Waals surface area contributed by atoms with Crippen LogP contribution < -0.4 is 11.1 Å². The molecule has 0 spiro atoms. The summed E-state index contributed by atoms with van der Waals surface area (Å²) in [5.74, 6) is -2.59. The first-order chi connectivity index (χ1) is 8.18. The highest BCUT2D eigenvalue weighted by Crippen LogP contribution is 2.32. The van der Waals surface area contributed by atoms with Crippen LogP contribution in [0.2, 0.25) is 0 Å². The monoisotopic (exact) mass is 274 g/mol. The molecule has 1 saturated carbocycles. The lowest BCUT2D eigenvalue weighted by molar-refractivity contribution is -0.136. The maximum absolute atomic E-state index is 12.9. The summed E-state index contributed by atoms with van der Waals surface area (Å²) in [6, 6.07) is -0.643. The Morgan fingerprint density at radius 2 is 1.78 bits per heavy atom. The molecule has 2 nitrogen and oxygen atoms in total. The van der Waals surface area contributed by atoms with Crippen molar-refractivity contribution in [1.82, 2.24) is 5.32 Å². The first-order valence-electron chi connectivity index (χ1n) is 6.11. The number of nitrogens with one attached hydrogen (secondary N) is 1. The minimum Gasteiger partial charge on any atom is -0.327 e. The van der Waals surface area contributed by atoms with Crippen molar-refractivity contribution in [2.24, 2.45) is 5.73 Å². The smallest absolute Gasteiger partial charge is 0.327 e. The third-order valence-electron chi connectivity index (χ3n) is 3.18. The lowest BCUT2D eigenvalue weighted by atomic mass is 9.92. The molecule has 108 valence electrons. The lowest BCUT2D eigenvalue weighted by Gasteiger charge is -2.29. The van der Waals surface area contributed by atoms with Crippen LogP contribution in [0, 0.1) is 0 Å². The Morgan fingerprint density at radius 1 is 1.22 bits per heavy atom. The van der Waals surface area contributed by atoms with E-state index in [4.69, 9.17) is 5.73 Å². The van der Waals surface area contributed by atoms with E-state index in [0.717, 1.165) is 0 Å². The zero-order valence-corrected chi connectivity index (χ0v) is 10.1. The molecule has 1 fully saturated rings.